The number of hydrogen-bond acceptors (Lipinski definition) is 5. The number of aryl methyl sites for hydroxylation is 2. The highest BCUT2D eigenvalue weighted by Gasteiger charge is 2.34. The molecule has 214 valence electrons. The van der Waals surface area contributed by atoms with Crippen LogP contribution in [0.4, 0.5) is 5.69 Å². The van der Waals surface area contributed by atoms with Gasteiger partial charge in [-0.3, -0.25) is 13.9 Å². The van der Waals surface area contributed by atoms with E-state index in [1.54, 1.807) is 55.6 Å². The molecule has 3 aromatic rings. The van der Waals surface area contributed by atoms with Gasteiger partial charge in [-0.15, -0.1) is 0 Å². The highest BCUT2D eigenvalue weighted by Crippen LogP contribution is 2.28. The Kier molecular flexibility index (Phi) is 10.7. The van der Waals surface area contributed by atoms with E-state index in [9.17, 15) is 18.0 Å². The van der Waals surface area contributed by atoms with Crippen molar-refractivity contribution in [1.29, 1.82) is 0 Å². The molecule has 0 aliphatic heterocycles. The predicted molar refractivity (Wildman–Crippen MR) is 158 cm³/mol. The Balaban J connectivity index is 2.08. The minimum Gasteiger partial charge on any atom is -0.497 e. The number of anilines is 1. The lowest BCUT2D eigenvalue weighted by Gasteiger charge is -2.33. The van der Waals surface area contributed by atoms with Crippen LogP contribution in [-0.4, -0.2) is 51.4 Å². The summed E-state index contributed by atoms with van der Waals surface area (Å²) in [5.74, 6) is -0.0896. The van der Waals surface area contributed by atoms with Crippen LogP contribution in [0.5, 0.6) is 5.75 Å². The van der Waals surface area contributed by atoms with Crippen molar-refractivity contribution in [3.63, 3.8) is 0 Å². The summed E-state index contributed by atoms with van der Waals surface area (Å²) in [6.45, 7) is 7.56. The van der Waals surface area contributed by atoms with Crippen LogP contribution in [0, 0.1) is 6.92 Å². The summed E-state index contributed by atoms with van der Waals surface area (Å²) in [4.78, 5) is 28.7. The smallest absolute Gasteiger partial charge is 0.264 e. The molecule has 0 spiro atoms. The first kappa shape index (κ1) is 30.7. The first-order valence-corrected chi connectivity index (χ1v) is 15.0. The number of nitrogens with zero attached hydrogens (tertiary/aromatic N) is 2. The molecule has 9 heteroatoms. The van der Waals surface area contributed by atoms with Crippen LogP contribution in [0.1, 0.15) is 43.9 Å². The number of nitrogens with one attached hydrogen (secondary N) is 1. The maximum atomic E-state index is 14.1. The Morgan fingerprint density at radius 1 is 0.925 bits per heavy atom. The summed E-state index contributed by atoms with van der Waals surface area (Å²) in [5, 5.41) is 2.82. The van der Waals surface area contributed by atoms with E-state index in [0.29, 0.717) is 30.8 Å². The predicted octanol–water partition coefficient (Wildman–Crippen LogP) is 4.70. The molecule has 2 amide bonds. The third kappa shape index (κ3) is 7.21. The number of benzene rings is 3. The van der Waals surface area contributed by atoms with Gasteiger partial charge in [0.15, 0.2) is 0 Å². The summed E-state index contributed by atoms with van der Waals surface area (Å²) in [6, 6.07) is 20.2. The number of hydrogen-bond donors (Lipinski definition) is 1. The molecule has 0 heterocycles. The lowest BCUT2D eigenvalue weighted by atomic mass is 10.1. The number of carbonyl (C=O) groups excluding carboxylic acids is 2. The van der Waals surface area contributed by atoms with E-state index in [-0.39, 0.29) is 17.3 Å². The zero-order valence-electron chi connectivity index (χ0n) is 23.9. The van der Waals surface area contributed by atoms with Gasteiger partial charge in [0.05, 0.1) is 17.7 Å². The van der Waals surface area contributed by atoms with Gasteiger partial charge in [-0.1, -0.05) is 61.9 Å². The molecule has 0 fully saturated rings. The third-order valence-electron chi connectivity index (χ3n) is 6.78. The molecule has 0 saturated carbocycles. The van der Waals surface area contributed by atoms with Crippen molar-refractivity contribution >= 4 is 27.5 Å². The maximum Gasteiger partial charge on any atom is 0.264 e. The molecule has 0 saturated heterocycles. The van der Waals surface area contributed by atoms with E-state index in [1.807, 2.05) is 52.0 Å². The summed E-state index contributed by atoms with van der Waals surface area (Å²) < 4.78 is 34.5. The summed E-state index contributed by atoms with van der Waals surface area (Å²) in [5.41, 5.74) is 2.95. The Labute approximate surface area is 238 Å². The van der Waals surface area contributed by atoms with Crippen LogP contribution in [0.15, 0.2) is 77.7 Å². The Morgan fingerprint density at radius 2 is 1.57 bits per heavy atom. The van der Waals surface area contributed by atoms with Crippen molar-refractivity contribution in [3.8, 4) is 5.75 Å². The topological polar surface area (TPSA) is 96.0 Å². The number of ether oxygens (including phenoxy) is 1. The molecule has 40 heavy (non-hydrogen) atoms. The van der Waals surface area contributed by atoms with Crippen LogP contribution < -0.4 is 14.4 Å². The van der Waals surface area contributed by atoms with Crippen molar-refractivity contribution in [2.75, 3.05) is 24.5 Å². The van der Waals surface area contributed by atoms with Crippen LogP contribution in [-0.2, 0) is 32.6 Å². The van der Waals surface area contributed by atoms with Gasteiger partial charge >= 0.3 is 0 Å². The second-order valence-electron chi connectivity index (χ2n) is 9.50. The molecule has 0 aliphatic carbocycles. The molecular formula is C31H39N3O5S. The van der Waals surface area contributed by atoms with Gasteiger partial charge in [-0.25, -0.2) is 8.42 Å². The lowest BCUT2D eigenvalue weighted by Crippen LogP contribution is -2.52. The fourth-order valence-corrected chi connectivity index (χ4v) is 6.00. The van der Waals surface area contributed by atoms with Crippen molar-refractivity contribution < 1.29 is 22.7 Å². The number of amides is 2. The van der Waals surface area contributed by atoms with Gasteiger partial charge in [0, 0.05) is 13.1 Å². The molecule has 1 N–H and O–H groups in total. The van der Waals surface area contributed by atoms with Gasteiger partial charge < -0.3 is 15.0 Å². The summed E-state index contributed by atoms with van der Waals surface area (Å²) in [6.07, 6.45) is 0.945. The Hall–Kier alpha value is -3.85. The molecular weight excluding hydrogens is 526 g/mol. The first-order valence-electron chi connectivity index (χ1n) is 13.5. The second-order valence-corrected chi connectivity index (χ2v) is 11.4. The molecule has 3 rings (SSSR count). The Bertz CT molecular complexity index is 1390. The highest BCUT2D eigenvalue weighted by atomic mass is 32.2. The number of likely N-dealkylation sites (N-methyl/N-ethyl adjacent to an activating group) is 1. The van der Waals surface area contributed by atoms with Gasteiger partial charge in [0.1, 0.15) is 18.3 Å². The molecule has 0 unspecified atom stereocenters. The van der Waals surface area contributed by atoms with E-state index >= 15 is 0 Å². The number of rotatable bonds is 13. The van der Waals surface area contributed by atoms with Crippen LogP contribution >= 0.6 is 0 Å². The standard InChI is InChI=1S/C31H39N3O5S/c1-6-25-11-9-10-12-29(25)34(40(37,38)27-19-13-23(4)14-20-27)22-30(35)33(28(7-2)31(36)32-8-3)21-24-15-17-26(39-5)18-16-24/h9-20,28H,6-8,21-22H2,1-5H3,(H,32,36)/t28-/m1/s1. The van der Waals surface area contributed by atoms with E-state index < -0.39 is 28.5 Å². The van der Waals surface area contributed by atoms with Crippen LogP contribution in [0.2, 0.25) is 0 Å². The minimum atomic E-state index is -4.11. The third-order valence-corrected chi connectivity index (χ3v) is 8.55. The monoisotopic (exact) mass is 565 g/mol. The maximum absolute atomic E-state index is 14.1. The lowest BCUT2D eigenvalue weighted by molar-refractivity contribution is -0.140. The highest BCUT2D eigenvalue weighted by molar-refractivity contribution is 7.92. The molecule has 0 aromatic heterocycles. The fourth-order valence-electron chi connectivity index (χ4n) is 4.54. The van der Waals surface area contributed by atoms with E-state index in [1.165, 1.54) is 9.21 Å². The van der Waals surface area contributed by atoms with Gasteiger partial charge in [0.2, 0.25) is 11.8 Å². The number of methoxy groups -OCH3 is 1. The van der Waals surface area contributed by atoms with Crippen LogP contribution in [0.3, 0.4) is 0 Å². The zero-order chi connectivity index (χ0) is 29.3. The van der Waals surface area contributed by atoms with Gasteiger partial charge in [0.25, 0.3) is 10.0 Å². The van der Waals surface area contributed by atoms with Crippen LogP contribution in [0.25, 0.3) is 0 Å². The van der Waals surface area contributed by atoms with E-state index in [4.69, 9.17) is 4.74 Å². The zero-order valence-corrected chi connectivity index (χ0v) is 24.7. The summed E-state index contributed by atoms with van der Waals surface area (Å²) in [7, 11) is -2.53. The van der Waals surface area contributed by atoms with Crippen molar-refractivity contribution in [1.82, 2.24) is 10.2 Å². The molecule has 0 aliphatic rings. The van der Waals surface area contributed by atoms with Crippen molar-refractivity contribution in [3.05, 3.63) is 89.5 Å². The van der Waals surface area contributed by atoms with Gasteiger partial charge in [-0.05, 0) is 68.1 Å². The number of para-hydroxylation sites is 1. The summed E-state index contributed by atoms with van der Waals surface area (Å²) >= 11 is 0. The molecule has 0 bridgehead atoms. The number of carbonyl (C=O) groups is 2. The molecule has 8 nitrogen and oxygen atoms in total. The number of sulfonamides is 1. The first-order chi connectivity index (χ1) is 19.2. The fraction of sp³-hybridized carbons (Fsp3) is 0.355. The van der Waals surface area contributed by atoms with Crippen molar-refractivity contribution in [2.24, 2.45) is 0 Å². The quantitative estimate of drug-likeness (QED) is 0.324. The minimum absolute atomic E-state index is 0.0919. The van der Waals surface area contributed by atoms with Gasteiger partial charge in [-0.2, -0.15) is 0 Å². The normalized spacial score (nSPS) is 11.9. The SMILES string of the molecule is CCNC(=O)[C@@H](CC)N(Cc1ccc(OC)cc1)C(=O)CN(c1ccccc1CC)S(=O)(=O)c1ccc(C)cc1. The second kappa shape index (κ2) is 14.0. The molecule has 3 aromatic carbocycles. The molecule has 1 atom stereocenters. The van der Waals surface area contributed by atoms with Crippen molar-refractivity contribution in [2.45, 2.75) is 58.0 Å². The largest absolute Gasteiger partial charge is 0.497 e. The average molecular weight is 566 g/mol. The van der Waals surface area contributed by atoms with E-state index in [2.05, 4.69) is 5.32 Å². The van der Waals surface area contributed by atoms with E-state index in [0.717, 1.165) is 16.7 Å². The average Bonchev–Trinajstić information content (AvgIpc) is 2.96. The Morgan fingerprint density at radius 3 is 2.15 bits per heavy atom. The molecule has 0 radical (unpaired) electrons.